The molecule has 0 amide bonds. The lowest BCUT2D eigenvalue weighted by molar-refractivity contribution is -0.156. The van der Waals surface area contributed by atoms with Crippen LogP contribution in [0.25, 0.3) is 0 Å². The van der Waals surface area contributed by atoms with Gasteiger partial charge in [-0.2, -0.15) is 0 Å². The van der Waals surface area contributed by atoms with Crippen molar-refractivity contribution >= 4 is 11.8 Å². The fourth-order valence-electron chi connectivity index (χ4n) is 2.31. The fourth-order valence-corrected chi connectivity index (χ4v) is 2.31. The smallest absolute Gasteiger partial charge is 0.359 e. The van der Waals surface area contributed by atoms with Crippen LogP contribution in [-0.2, 0) is 9.53 Å². The van der Waals surface area contributed by atoms with Crippen LogP contribution in [-0.4, -0.2) is 24.5 Å². The molecule has 0 bridgehead atoms. The number of para-hydroxylation sites is 1. The van der Waals surface area contributed by atoms with Crippen LogP contribution in [0.3, 0.4) is 0 Å². The minimum Gasteiger partial charge on any atom is -0.466 e. The molecule has 1 aliphatic rings. The molecule has 2 atom stereocenters. The summed E-state index contributed by atoms with van der Waals surface area (Å²) in [4.78, 5) is 24.7. The Morgan fingerprint density at radius 3 is 2.74 bits per heavy atom. The summed E-state index contributed by atoms with van der Waals surface area (Å²) >= 11 is 0. The number of methoxy groups -OCH3 is 1. The molecule has 0 radical (unpaired) electrons. The summed E-state index contributed by atoms with van der Waals surface area (Å²) in [6.07, 6.45) is 1.52. The van der Waals surface area contributed by atoms with Crippen LogP contribution in [0.2, 0.25) is 0 Å². The number of ketones is 1. The minimum absolute atomic E-state index is 0.370. The van der Waals surface area contributed by atoms with Crippen LogP contribution < -0.4 is 4.74 Å². The van der Waals surface area contributed by atoms with E-state index >= 15 is 0 Å². The van der Waals surface area contributed by atoms with Gasteiger partial charge in [0.15, 0.2) is 0 Å². The van der Waals surface area contributed by atoms with Gasteiger partial charge >= 0.3 is 5.97 Å². The number of carbonyl (C=O) groups excluding carboxylic acids is 2. The molecule has 19 heavy (non-hydrogen) atoms. The highest BCUT2D eigenvalue weighted by molar-refractivity contribution is 6.19. The first-order chi connectivity index (χ1) is 8.98. The molecule has 2 rings (SSSR count). The van der Waals surface area contributed by atoms with Gasteiger partial charge < -0.3 is 9.47 Å². The van der Waals surface area contributed by atoms with Crippen molar-refractivity contribution in [2.45, 2.75) is 19.4 Å². The lowest BCUT2D eigenvalue weighted by Crippen LogP contribution is -2.53. The lowest BCUT2D eigenvalue weighted by Gasteiger charge is -2.28. The maximum absolute atomic E-state index is 12.6. The van der Waals surface area contributed by atoms with Crippen molar-refractivity contribution in [1.29, 1.82) is 0 Å². The third-order valence-corrected chi connectivity index (χ3v) is 3.54. The molecule has 0 aromatic heterocycles. The first-order valence-electron chi connectivity index (χ1n) is 6.03. The van der Waals surface area contributed by atoms with Gasteiger partial charge in [0.05, 0.1) is 12.7 Å². The molecule has 4 heteroatoms. The molecule has 0 unspecified atom stereocenters. The predicted molar refractivity (Wildman–Crippen MR) is 70.2 cm³/mol. The number of benzene rings is 1. The summed E-state index contributed by atoms with van der Waals surface area (Å²) in [6.45, 7) is 7.19. The van der Waals surface area contributed by atoms with Gasteiger partial charge in [0.25, 0.3) is 5.60 Å². The molecule has 1 aromatic carbocycles. The molecule has 0 saturated carbocycles. The third-order valence-electron chi connectivity index (χ3n) is 3.54. The molecule has 0 aliphatic carbocycles. The number of hydrogen-bond acceptors (Lipinski definition) is 4. The van der Waals surface area contributed by atoms with E-state index in [0.29, 0.717) is 11.3 Å². The molecule has 1 aromatic rings. The van der Waals surface area contributed by atoms with Crippen LogP contribution in [0.15, 0.2) is 30.9 Å². The summed E-state index contributed by atoms with van der Waals surface area (Å²) in [5.74, 6) is -1.10. The van der Waals surface area contributed by atoms with E-state index < -0.39 is 17.5 Å². The number of carbonyl (C=O) groups is 2. The summed E-state index contributed by atoms with van der Waals surface area (Å²) in [5.41, 5.74) is -0.419. The fraction of sp³-hybridized carbons (Fsp3) is 0.333. The van der Waals surface area contributed by atoms with Crippen molar-refractivity contribution in [3.8, 4) is 5.75 Å². The van der Waals surface area contributed by atoms with Crippen molar-refractivity contribution in [2.75, 3.05) is 7.11 Å². The van der Waals surface area contributed by atoms with Gasteiger partial charge in [-0.05, 0) is 18.6 Å². The molecule has 0 spiro atoms. The Morgan fingerprint density at radius 2 is 2.21 bits per heavy atom. The number of fused-ring (bicyclic) bond motifs is 1. The van der Waals surface area contributed by atoms with Crippen LogP contribution in [0.5, 0.6) is 5.75 Å². The number of esters is 1. The second-order valence-electron chi connectivity index (χ2n) is 4.63. The number of rotatable bonds is 3. The Balaban J connectivity index is 2.62. The Morgan fingerprint density at radius 1 is 1.53 bits per heavy atom. The molecule has 0 saturated heterocycles. The number of hydrogen-bond donors (Lipinski definition) is 0. The van der Waals surface area contributed by atoms with Gasteiger partial charge in [0.1, 0.15) is 5.75 Å². The number of Topliss-reactive ketones (excluding diaryl/α,β-unsaturated/α-hetero) is 1. The van der Waals surface area contributed by atoms with Crippen LogP contribution in [0, 0.1) is 12.8 Å². The molecular weight excluding hydrogens is 244 g/mol. The highest BCUT2D eigenvalue weighted by Gasteiger charge is 2.58. The van der Waals surface area contributed by atoms with Gasteiger partial charge in [-0.25, -0.2) is 4.79 Å². The summed E-state index contributed by atoms with van der Waals surface area (Å²) in [7, 11) is 1.24. The zero-order valence-corrected chi connectivity index (χ0v) is 11.2. The summed E-state index contributed by atoms with van der Waals surface area (Å²) < 4.78 is 10.5. The normalized spacial score (nSPS) is 22.4. The second-order valence-corrected chi connectivity index (χ2v) is 4.63. The van der Waals surface area contributed by atoms with Crippen molar-refractivity contribution in [3.05, 3.63) is 42.0 Å². The molecule has 0 N–H and O–H groups in total. The van der Waals surface area contributed by atoms with Crippen LogP contribution in [0.4, 0.5) is 0 Å². The first kappa shape index (κ1) is 13.3. The van der Waals surface area contributed by atoms with Crippen LogP contribution >= 0.6 is 0 Å². The zero-order chi connectivity index (χ0) is 14.2. The molecule has 4 nitrogen and oxygen atoms in total. The molecule has 100 valence electrons. The SMILES string of the molecule is C=C[C@@H](C)[C@@]1(C(=O)OC)Oc2c(C)cccc2C1=O. The molecular formula is C15H16O4. The monoisotopic (exact) mass is 260 g/mol. The van der Waals surface area contributed by atoms with Gasteiger partial charge in [-0.15, -0.1) is 6.58 Å². The van der Waals surface area contributed by atoms with Crippen molar-refractivity contribution in [2.24, 2.45) is 5.92 Å². The predicted octanol–water partition coefficient (Wildman–Crippen LogP) is 2.30. The Labute approximate surface area is 112 Å². The number of aryl methyl sites for hydroxylation is 1. The van der Waals surface area contributed by atoms with Crippen molar-refractivity contribution < 1.29 is 19.1 Å². The van der Waals surface area contributed by atoms with E-state index in [1.807, 2.05) is 13.0 Å². The topological polar surface area (TPSA) is 52.6 Å². The van der Waals surface area contributed by atoms with E-state index in [9.17, 15) is 9.59 Å². The van der Waals surface area contributed by atoms with E-state index in [1.54, 1.807) is 19.1 Å². The first-order valence-corrected chi connectivity index (χ1v) is 6.03. The average Bonchev–Trinajstić information content (AvgIpc) is 2.73. The third kappa shape index (κ3) is 1.67. The van der Waals surface area contributed by atoms with E-state index in [1.165, 1.54) is 13.2 Å². The van der Waals surface area contributed by atoms with Crippen molar-refractivity contribution in [1.82, 2.24) is 0 Å². The molecule has 1 aliphatic heterocycles. The highest BCUT2D eigenvalue weighted by atomic mass is 16.6. The van der Waals surface area contributed by atoms with E-state index in [0.717, 1.165) is 5.56 Å². The standard InChI is InChI=1S/C15H16O4/c1-5-10(3)15(14(17)18-4)13(16)11-8-6-7-9(2)12(11)19-15/h5-8,10H,1H2,2-4H3/t10-,15-/m1/s1. The van der Waals surface area contributed by atoms with Crippen LogP contribution in [0.1, 0.15) is 22.8 Å². The Hall–Kier alpha value is -2.10. The Kier molecular flexibility index (Phi) is 3.18. The van der Waals surface area contributed by atoms with Crippen molar-refractivity contribution in [3.63, 3.8) is 0 Å². The van der Waals surface area contributed by atoms with Gasteiger partial charge in [-0.3, -0.25) is 4.79 Å². The quantitative estimate of drug-likeness (QED) is 0.475. The highest BCUT2D eigenvalue weighted by Crippen LogP contribution is 2.42. The maximum Gasteiger partial charge on any atom is 0.359 e. The Bertz CT molecular complexity index is 561. The van der Waals surface area contributed by atoms with Gasteiger partial charge in [0, 0.05) is 5.92 Å². The van der Waals surface area contributed by atoms with E-state index in [2.05, 4.69) is 6.58 Å². The van der Waals surface area contributed by atoms with Gasteiger partial charge in [-0.1, -0.05) is 25.1 Å². The zero-order valence-electron chi connectivity index (χ0n) is 11.2. The molecule has 1 heterocycles. The largest absolute Gasteiger partial charge is 0.466 e. The second kappa shape index (κ2) is 4.53. The minimum atomic E-state index is -1.65. The van der Waals surface area contributed by atoms with E-state index in [-0.39, 0.29) is 5.78 Å². The maximum atomic E-state index is 12.6. The van der Waals surface area contributed by atoms with Gasteiger partial charge in [0.2, 0.25) is 5.78 Å². The average molecular weight is 260 g/mol. The summed E-state index contributed by atoms with van der Waals surface area (Å²) in [5, 5.41) is 0. The van der Waals surface area contributed by atoms with E-state index in [4.69, 9.17) is 9.47 Å². The lowest BCUT2D eigenvalue weighted by atomic mass is 9.83. The summed E-state index contributed by atoms with van der Waals surface area (Å²) in [6, 6.07) is 5.25. The number of ether oxygens (including phenoxy) is 2. The molecule has 0 fully saturated rings.